The van der Waals surface area contributed by atoms with Gasteiger partial charge in [-0.15, -0.1) is 0 Å². The van der Waals surface area contributed by atoms with E-state index in [0.29, 0.717) is 23.3 Å². The molecule has 1 amide bonds. The second-order valence-electron chi connectivity index (χ2n) is 9.64. The van der Waals surface area contributed by atoms with Crippen molar-refractivity contribution in [1.82, 2.24) is 4.90 Å². The van der Waals surface area contributed by atoms with Gasteiger partial charge in [-0.05, 0) is 89.0 Å². The molecule has 0 radical (unpaired) electrons. The highest BCUT2D eigenvalue weighted by Crippen LogP contribution is 2.30. The first-order valence-electron chi connectivity index (χ1n) is 12.3. The highest BCUT2D eigenvalue weighted by atomic mass is 16.5. The second kappa shape index (κ2) is 11.0. The van der Waals surface area contributed by atoms with E-state index in [-0.39, 0.29) is 17.7 Å². The molecule has 1 N–H and O–H groups in total. The van der Waals surface area contributed by atoms with Crippen LogP contribution in [0.3, 0.4) is 0 Å². The van der Waals surface area contributed by atoms with Crippen molar-refractivity contribution in [2.75, 3.05) is 25.5 Å². The van der Waals surface area contributed by atoms with Crippen LogP contribution in [0.2, 0.25) is 0 Å². The zero-order valence-corrected chi connectivity index (χ0v) is 21.6. The molecule has 1 saturated heterocycles. The number of hydrogen-bond donors (Lipinski definition) is 1. The number of nitrogens with zero attached hydrogens (tertiary/aromatic N) is 1. The molecule has 0 aliphatic carbocycles. The minimum atomic E-state index is -0.603. The Labute approximate surface area is 212 Å². The van der Waals surface area contributed by atoms with Gasteiger partial charge in [0.05, 0.1) is 0 Å². The van der Waals surface area contributed by atoms with E-state index in [2.05, 4.69) is 23.3 Å². The molecule has 36 heavy (non-hydrogen) atoms. The first-order chi connectivity index (χ1) is 17.2. The van der Waals surface area contributed by atoms with Crippen LogP contribution in [0.25, 0.3) is 11.0 Å². The van der Waals surface area contributed by atoms with Crippen LogP contribution >= 0.6 is 0 Å². The van der Waals surface area contributed by atoms with Crippen molar-refractivity contribution >= 4 is 30.6 Å². The molecule has 7 nitrogen and oxygen atoms in total. The van der Waals surface area contributed by atoms with Crippen LogP contribution in [0.5, 0.6) is 11.5 Å². The number of benzene rings is 2. The number of allylic oxidation sites excluding steroid dienone is 2. The maximum Gasteiger partial charge on any atom is 0.360 e. The molecule has 1 aliphatic heterocycles. The third-order valence-corrected chi connectivity index (χ3v) is 6.58. The predicted molar refractivity (Wildman–Crippen MR) is 145 cm³/mol. The van der Waals surface area contributed by atoms with E-state index in [9.17, 15) is 9.59 Å². The van der Waals surface area contributed by atoms with E-state index >= 15 is 0 Å². The first-order valence-corrected chi connectivity index (χ1v) is 12.3. The number of rotatable bonds is 7. The Bertz CT molecular complexity index is 1350. The van der Waals surface area contributed by atoms with E-state index in [0.717, 1.165) is 48.2 Å². The van der Waals surface area contributed by atoms with E-state index in [1.807, 2.05) is 32.9 Å². The Balaban J connectivity index is 1.55. The summed E-state index contributed by atoms with van der Waals surface area (Å²) in [5, 5.41) is 3.43. The molecule has 0 bridgehead atoms. The van der Waals surface area contributed by atoms with Crippen LogP contribution < -0.4 is 20.3 Å². The van der Waals surface area contributed by atoms with Gasteiger partial charge >= 0.3 is 13.7 Å². The van der Waals surface area contributed by atoms with Gasteiger partial charge in [-0.2, -0.15) is 0 Å². The zero-order valence-electron chi connectivity index (χ0n) is 21.6. The number of nitrogens with one attached hydrogen (secondary N) is 1. The number of aryl methyl sites for hydroxylation is 1. The lowest BCUT2D eigenvalue weighted by molar-refractivity contribution is 0.102. The summed E-state index contributed by atoms with van der Waals surface area (Å²) in [5.41, 5.74) is 3.25. The number of fused-ring (bicyclic) bond motifs is 1. The van der Waals surface area contributed by atoms with Gasteiger partial charge in [0.1, 0.15) is 28.9 Å². The molecule has 8 heteroatoms. The molecule has 3 aromatic rings. The van der Waals surface area contributed by atoms with Crippen LogP contribution in [-0.2, 0) is 6.42 Å². The number of likely N-dealkylation sites (tertiary alicyclic amines) is 1. The fourth-order valence-electron chi connectivity index (χ4n) is 4.39. The van der Waals surface area contributed by atoms with Crippen LogP contribution in [0.15, 0.2) is 57.3 Å². The Morgan fingerprint density at radius 3 is 2.58 bits per heavy atom. The van der Waals surface area contributed by atoms with E-state index in [1.165, 1.54) is 5.57 Å². The topological polar surface area (TPSA) is 81.0 Å². The highest BCUT2D eigenvalue weighted by molar-refractivity contribution is 6.05. The number of anilines is 1. The Morgan fingerprint density at radius 2 is 1.89 bits per heavy atom. The van der Waals surface area contributed by atoms with Gasteiger partial charge < -0.3 is 24.0 Å². The Hall–Kier alpha value is -3.52. The predicted octanol–water partition coefficient (Wildman–Crippen LogP) is 4.26. The first kappa shape index (κ1) is 25.6. The molecular weight excluding hydrogens is 455 g/mol. The number of piperidine rings is 1. The molecule has 1 aromatic heterocycles. The van der Waals surface area contributed by atoms with Gasteiger partial charge in [-0.1, -0.05) is 11.6 Å². The van der Waals surface area contributed by atoms with Crippen LogP contribution in [0.4, 0.5) is 5.69 Å². The summed E-state index contributed by atoms with van der Waals surface area (Å²) < 4.78 is 17.3. The van der Waals surface area contributed by atoms with Crippen molar-refractivity contribution in [1.29, 1.82) is 0 Å². The summed E-state index contributed by atoms with van der Waals surface area (Å²) in [4.78, 5) is 28.1. The number of carbonyl (C=O) groups excluding carboxylic acids is 1. The van der Waals surface area contributed by atoms with Crippen molar-refractivity contribution in [3.8, 4) is 11.5 Å². The molecule has 1 aliphatic rings. The van der Waals surface area contributed by atoms with Crippen LogP contribution in [0, 0.1) is 6.92 Å². The molecule has 0 spiro atoms. The molecule has 188 valence electrons. The van der Waals surface area contributed by atoms with Crippen molar-refractivity contribution in [3.05, 3.63) is 75.2 Å². The molecule has 0 atom stereocenters. The monoisotopic (exact) mass is 488 g/mol. The summed E-state index contributed by atoms with van der Waals surface area (Å²) in [5.74, 6) is 1.05. The number of amides is 1. The quantitative estimate of drug-likeness (QED) is 0.304. The smallest absolute Gasteiger partial charge is 0.360 e. The average Bonchev–Trinajstić information content (AvgIpc) is 2.86. The Kier molecular flexibility index (Phi) is 7.84. The second-order valence-corrected chi connectivity index (χ2v) is 9.64. The van der Waals surface area contributed by atoms with Crippen molar-refractivity contribution in [2.24, 2.45) is 0 Å². The lowest BCUT2D eigenvalue weighted by Crippen LogP contribution is -2.35. The fourth-order valence-corrected chi connectivity index (χ4v) is 4.39. The van der Waals surface area contributed by atoms with Gasteiger partial charge in [-0.3, -0.25) is 4.79 Å². The molecule has 0 saturated carbocycles. The zero-order chi connectivity index (χ0) is 25.8. The Morgan fingerprint density at radius 1 is 1.17 bits per heavy atom. The SMILES string of the molecule is BOc1ccc(C(=O)Nc2cc3ccc(OC4CCN(C)CC4)c(C)c3oc2=O)cc1CC=C(C)C. The van der Waals surface area contributed by atoms with Gasteiger partial charge in [0.2, 0.25) is 0 Å². The molecule has 0 unspecified atom stereocenters. The van der Waals surface area contributed by atoms with Gasteiger partial charge in [0.25, 0.3) is 5.91 Å². The minimum absolute atomic E-state index is 0.0950. The third-order valence-electron chi connectivity index (χ3n) is 6.58. The van der Waals surface area contributed by atoms with Gasteiger partial charge in [-0.25, -0.2) is 4.79 Å². The van der Waals surface area contributed by atoms with E-state index in [4.69, 9.17) is 13.8 Å². The number of ether oxygens (including phenoxy) is 1. The summed E-state index contributed by atoms with van der Waals surface area (Å²) in [6, 6.07) is 10.6. The lowest BCUT2D eigenvalue weighted by Gasteiger charge is -2.29. The molecule has 2 aromatic carbocycles. The van der Waals surface area contributed by atoms with Crippen molar-refractivity contribution in [2.45, 2.75) is 46.1 Å². The average molecular weight is 488 g/mol. The van der Waals surface area contributed by atoms with E-state index < -0.39 is 5.63 Å². The molecular formula is C28H33BN2O5. The normalized spacial score (nSPS) is 14.4. The fraction of sp³-hybridized carbons (Fsp3) is 0.357. The highest BCUT2D eigenvalue weighted by Gasteiger charge is 2.20. The third kappa shape index (κ3) is 5.82. The standard InChI is InChI=1S/C28H33BN2O5/c1-17(2)5-6-19-15-21(8-10-25(19)36-29)27(32)30-23-16-20-7-9-24(18(3)26(20)35-28(23)33)34-22-11-13-31(4)14-12-22/h5,7-10,15-16,22H,6,11-14,29H2,1-4H3,(H,30,32). The van der Waals surface area contributed by atoms with E-state index in [1.54, 1.807) is 32.3 Å². The van der Waals surface area contributed by atoms with Gasteiger partial charge in [0, 0.05) is 29.6 Å². The number of hydrogen-bond acceptors (Lipinski definition) is 6. The molecule has 1 fully saturated rings. The van der Waals surface area contributed by atoms with Crippen LogP contribution in [0.1, 0.15) is 48.2 Å². The summed E-state index contributed by atoms with van der Waals surface area (Å²) in [7, 11) is 3.72. The van der Waals surface area contributed by atoms with Crippen molar-refractivity contribution < 1.29 is 18.6 Å². The minimum Gasteiger partial charge on any atom is -0.568 e. The van der Waals surface area contributed by atoms with Crippen molar-refractivity contribution in [3.63, 3.8) is 0 Å². The summed E-state index contributed by atoms with van der Waals surface area (Å²) >= 11 is 0. The van der Waals surface area contributed by atoms with Gasteiger partial charge in [0.15, 0.2) is 0 Å². The number of carbonyl (C=O) groups is 1. The maximum absolute atomic E-state index is 13.0. The largest absolute Gasteiger partial charge is 0.568 e. The molecule has 2 heterocycles. The maximum atomic E-state index is 13.0. The summed E-state index contributed by atoms with van der Waals surface area (Å²) in [6.45, 7) is 7.93. The molecule has 4 rings (SSSR count). The lowest BCUT2D eigenvalue weighted by atomic mass is 10.0. The summed E-state index contributed by atoms with van der Waals surface area (Å²) in [6.07, 6.45) is 4.79. The van der Waals surface area contributed by atoms with Crippen LogP contribution in [-0.4, -0.2) is 45.1 Å².